The van der Waals surface area contributed by atoms with E-state index < -0.39 is 0 Å². The molecule has 4 rings (SSSR count). The molecule has 0 aromatic heterocycles. The number of nitrogens with one attached hydrogen (secondary N) is 1. The zero-order valence-corrected chi connectivity index (χ0v) is 15.9. The Morgan fingerprint density at radius 1 is 0.750 bits per heavy atom. The standard InChI is InChI=1S/C25H25NO2/c27-24(25(15-16-25)23-9-5-2-6-10-23)26-17-20-11-13-22(14-12-20)19-28-18-21-7-3-1-4-8-21/h1-14H,15-19H2,(H,26,27). The van der Waals surface area contributed by atoms with Crippen molar-refractivity contribution in [2.45, 2.75) is 38.0 Å². The fraction of sp³-hybridized carbons (Fsp3) is 0.240. The molecule has 1 N–H and O–H groups in total. The number of ether oxygens (including phenoxy) is 1. The van der Waals surface area contributed by atoms with E-state index in [0.717, 1.165) is 29.5 Å². The molecule has 1 amide bonds. The molecule has 1 fully saturated rings. The summed E-state index contributed by atoms with van der Waals surface area (Å²) >= 11 is 0. The van der Waals surface area contributed by atoms with E-state index in [1.165, 1.54) is 5.56 Å². The number of benzene rings is 3. The third-order valence-corrected chi connectivity index (χ3v) is 5.37. The summed E-state index contributed by atoms with van der Waals surface area (Å²) in [5.41, 5.74) is 4.22. The van der Waals surface area contributed by atoms with E-state index in [1.54, 1.807) is 0 Å². The summed E-state index contributed by atoms with van der Waals surface area (Å²) in [5.74, 6) is 0.133. The molecule has 0 aliphatic heterocycles. The average Bonchev–Trinajstić information content (AvgIpc) is 3.57. The van der Waals surface area contributed by atoms with E-state index in [2.05, 4.69) is 53.8 Å². The van der Waals surface area contributed by atoms with Crippen LogP contribution in [0.4, 0.5) is 0 Å². The molecule has 28 heavy (non-hydrogen) atoms. The monoisotopic (exact) mass is 371 g/mol. The number of hydrogen-bond donors (Lipinski definition) is 1. The molecule has 0 unspecified atom stereocenters. The van der Waals surface area contributed by atoms with Crippen LogP contribution in [0.15, 0.2) is 84.9 Å². The number of rotatable bonds is 8. The van der Waals surface area contributed by atoms with Crippen LogP contribution < -0.4 is 5.32 Å². The van der Waals surface area contributed by atoms with Gasteiger partial charge in [-0.2, -0.15) is 0 Å². The lowest BCUT2D eigenvalue weighted by molar-refractivity contribution is -0.123. The third kappa shape index (κ3) is 4.32. The van der Waals surface area contributed by atoms with Crippen molar-refractivity contribution in [2.75, 3.05) is 0 Å². The van der Waals surface area contributed by atoms with Crippen LogP contribution in [0.1, 0.15) is 35.1 Å². The Hall–Kier alpha value is -2.91. The van der Waals surface area contributed by atoms with Gasteiger partial charge in [-0.05, 0) is 35.1 Å². The molecule has 1 aliphatic carbocycles. The highest BCUT2D eigenvalue weighted by Crippen LogP contribution is 2.48. The Bertz CT molecular complexity index is 900. The Balaban J connectivity index is 1.26. The highest BCUT2D eigenvalue weighted by molar-refractivity contribution is 5.91. The van der Waals surface area contributed by atoms with Gasteiger partial charge < -0.3 is 10.1 Å². The molecule has 0 spiro atoms. The molecule has 3 nitrogen and oxygen atoms in total. The van der Waals surface area contributed by atoms with Crippen LogP contribution in [0.3, 0.4) is 0 Å². The highest BCUT2D eigenvalue weighted by atomic mass is 16.5. The number of carbonyl (C=O) groups excluding carboxylic acids is 1. The SMILES string of the molecule is O=C(NCc1ccc(COCc2ccccc2)cc1)C1(c2ccccc2)CC1. The van der Waals surface area contributed by atoms with E-state index in [-0.39, 0.29) is 11.3 Å². The second-order valence-corrected chi connectivity index (χ2v) is 7.43. The van der Waals surface area contributed by atoms with Crippen molar-refractivity contribution >= 4 is 5.91 Å². The molecule has 0 atom stereocenters. The molecule has 0 heterocycles. The van der Waals surface area contributed by atoms with Crippen LogP contribution in [-0.2, 0) is 34.7 Å². The molecule has 1 aliphatic rings. The first-order valence-corrected chi connectivity index (χ1v) is 9.80. The van der Waals surface area contributed by atoms with E-state index >= 15 is 0 Å². The Morgan fingerprint density at radius 2 is 1.29 bits per heavy atom. The molecular formula is C25H25NO2. The average molecular weight is 371 g/mol. The van der Waals surface area contributed by atoms with Gasteiger partial charge in [0.1, 0.15) is 0 Å². The van der Waals surface area contributed by atoms with Gasteiger partial charge in [-0.15, -0.1) is 0 Å². The van der Waals surface area contributed by atoms with Gasteiger partial charge in [-0.1, -0.05) is 84.9 Å². The summed E-state index contributed by atoms with van der Waals surface area (Å²) in [6.45, 7) is 1.75. The summed E-state index contributed by atoms with van der Waals surface area (Å²) < 4.78 is 5.78. The first-order valence-electron chi connectivity index (χ1n) is 9.80. The first kappa shape index (κ1) is 18.5. The van der Waals surface area contributed by atoms with Crippen LogP contribution in [0, 0.1) is 0 Å². The molecule has 0 bridgehead atoms. The van der Waals surface area contributed by atoms with Gasteiger partial charge >= 0.3 is 0 Å². The van der Waals surface area contributed by atoms with Crippen LogP contribution in [0.25, 0.3) is 0 Å². The van der Waals surface area contributed by atoms with Crippen molar-refractivity contribution < 1.29 is 9.53 Å². The predicted molar refractivity (Wildman–Crippen MR) is 111 cm³/mol. The van der Waals surface area contributed by atoms with Crippen molar-refractivity contribution in [3.05, 3.63) is 107 Å². The molecule has 3 heteroatoms. The van der Waals surface area contributed by atoms with Gasteiger partial charge in [0.25, 0.3) is 0 Å². The zero-order chi connectivity index (χ0) is 19.2. The largest absolute Gasteiger partial charge is 0.372 e. The summed E-state index contributed by atoms with van der Waals surface area (Å²) in [7, 11) is 0. The first-order chi connectivity index (χ1) is 13.8. The second kappa shape index (κ2) is 8.41. The lowest BCUT2D eigenvalue weighted by atomic mass is 9.95. The molecule has 0 radical (unpaired) electrons. The summed E-state index contributed by atoms with van der Waals surface area (Å²) in [5, 5.41) is 3.11. The Labute approximate surface area is 166 Å². The summed E-state index contributed by atoms with van der Waals surface area (Å²) in [6.07, 6.45) is 1.86. The maximum Gasteiger partial charge on any atom is 0.230 e. The van der Waals surface area contributed by atoms with E-state index in [9.17, 15) is 4.79 Å². The molecule has 3 aromatic carbocycles. The quantitative estimate of drug-likeness (QED) is 0.620. The van der Waals surface area contributed by atoms with Crippen molar-refractivity contribution in [3.63, 3.8) is 0 Å². The normalized spacial score (nSPS) is 14.4. The lowest BCUT2D eigenvalue weighted by Gasteiger charge is -2.16. The molecule has 1 saturated carbocycles. The smallest absolute Gasteiger partial charge is 0.230 e. The molecular weight excluding hydrogens is 346 g/mol. The number of amides is 1. The summed E-state index contributed by atoms with van der Waals surface area (Å²) in [6, 6.07) is 28.5. The van der Waals surface area contributed by atoms with Crippen LogP contribution >= 0.6 is 0 Å². The van der Waals surface area contributed by atoms with Crippen molar-refractivity contribution in [3.8, 4) is 0 Å². The fourth-order valence-electron chi connectivity index (χ4n) is 3.49. The minimum absolute atomic E-state index is 0.133. The van der Waals surface area contributed by atoms with Gasteiger partial charge in [0.15, 0.2) is 0 Å². The van der Waals surface area contributed by atoms with Crippen molar-refractivity contribution in [1.29, 1.82) is 0 Å². The van der Waals surface area contributed by atoms with Gasteiger partial charge in [0.05, 0.1) is 18.6 Å². The highest BCUT2D eigenvalue weighted by Gasteiger charge is 2.50. The fourth-order valence-corrected chi connectivity index (χ4v) is 3.49. The topological polar surface area (TPSA) is 38.3 Å². The van der Waals surface area contributed by atoms with Crippen LogP contribution in [0.5, 0.6) is 0 Å². The molecule has 0 saturated heterocycles. The third-order valence-electron chi connectivity index (χ3n) is 5.37. The lowest BCUT2D eigenvalue weighted by Crippen LogP contribution is -2.34. The van der Waals surface area contributed by atoms with Crippen LogP contribution in [-0.4, -0.2) is 5.91 Å². The Kier molecular flexibility index (Phi) is 5.54. The van der Waals surface area contributed by atoms with E-state index in [0.29, 0.717) is 19.8 Å². The predicted octanol–water partition coefficient (Wildman–Crippen LogP) is 4.75. The van der Waals surface area contributed by atoms with Crippen LogP contribution in [0.2, 0.25) is 0 Å². The zero-order valence-electron chi connectivity index (χ0n) is 15.9. The van der Waals surface area contributed by atoms with Gasteiger partial charge in [0.2, 0.25) is 5.91 Å². The molecule has 142 valence electrons. The summed E-state index contributed by atoms with van der Waals surface area (Å²) in [4.78, 5) is 12.7. The Morgan fingerprint density at radius 3 is 1.89 bits per heavy atom. The minimum atomic E-state index is -0.313. The van der Waals surface area contributed by atoms with Gasteiger partial charge in [-0.25, -0.2) is 0 Å². The van der Waals surface area contributed by atoms with Gasteiger partial charge in [0, 0.05) is 6.54 Å². The number of hydrogen-bond acceptors (Lipinski definition) is 2. The molecule has 3 aromatic rings. The van der Waals surface area contributed by atoms with E-state index in [4.69, 9.17) is 4.74 Å². The minimum Gasteiger partial charge on any atom is -0.372 e. The maximum atomic E-state index is 12.7. The second-order valence-electron chi connectivity index (χ2n) is 7.43. The number of carbonyl (C=O) groups is 1. The van der Waals surface area contributed by atoms with Crippen molar-refractivity contribution in [2.24, 2.45) is 0 Å². The van der Waals surface area contributed by atoms with Crippen molar-refractivity contribution in [1.82, 2.24) is 5.32 Å². The maximum absolute atomic E-state index is 12.7. The van der Waals surface area contributed by atoms with Gasteiger partial charge in [-0.3, -0.25) is 4.79 Å². The van der Waals surface area contributed by atoms with E-state index in [1.807, 2.05) is 36.4 Å².